The van der Waals surface area contributed by atoms with Crippen molar-refractivity contribution in [1.82, 2.24) is 9.21 Å². The van der Waals surface area contributed by atoms with Crippen LogP contribution in [0.2, 0.25) is 0 Å². The average molecular weight is 314 g/mol. The highest BCUT2D eigenvalue weighted by atomic mass is 35.5. The fourth-order valence-corrected chi connectivity index (χ4v) is 4.21. The summed E-state index contributed by atoms with van der Waals surface area (Å²) in [7, 11) is -1.61. The summed E-state index contributed by atoms with van der Waals surface area (Å²) in [6, 6.07) is 0.0205. The van der Waals surface area contributed by atoms with Crippen LogP contribution in [0, 0.1) is 0 Å². The van der Waals surface area contributed by atoms with Crippen molar-refractivity contribution in [2.75, 3.05) is 33.4 Å². The maximum absolute atomic E-state index is 11.9. The summed E-state index contributed by atoms with van der Waals surface area (Å²) in [5, 5.41) is 5.43. The molecule has 114 valence electrons. The smallest absolute Gasteiger partial charge is 0.277 e. The monoisotopic (exact) mass is 313 g/mol. The predicted octanol–water partition coefficient (Wildman–Crippen LogP) is 0.187. The number of piperidine rings is 1. The van der Waals surface area contributed by atoms with Crippen LogP contribution in [0.15, 0.2) is 0 Å². The lowest BCUT2D eigenvalue weighted by molar-refractivity contribution is 0.0392. The van der Waals surface area contributed by atoms with Crippen molar-refractivity contribution in [2.24, 2.45) is 5.14 Å². The van der Waals surface area contributed by atoms with Crippen molar-refractivity contribution < 1.29 is 13.2 Å². The van der Waals surface area contributed by atoms with Crippen LogP contribution in [0.25, 0.3) is 0 Å². The number of rotatable bonds is 3. The van der Waals surface area contributed by atoms with Gasteiger partial charge in [-0.1, -0.05) is 0 Å². The molecule has 0 bridgehead atoms. The fraction of sp³-hybridized carbons (Fsp3) is 1.00. The van der Waals surface area contributed by atoms with Crippen molar-refractivity contribution in [2.45, 2.75) is 37.8 Å². The van der Waals surface area contributed by atoms with E-state index in [-0.39, 0.29) is 24.5 Å². The SMILES string of the molecule is CN1CCCC(N(C2CCOCC2)S(N)(=O)=O)C1.Cl. The molecule has 1 unspecified atom stereocenters. The highest BCUT2D eigenvalue weighted by molar-refractivity contribution is 7.86. The van der Waals surface area contributed by atoms with Crippen LogP contribution < -0.4 is 5.14 Å². The van der Waals surface area contributed by atoms with E-state index in [1.807, 2.05) is 7.05 Å². The van der Waals surface area contributed by atoms with Gasteiger partial charge < -0.3 is 9.64 Å². The van der Waals surface area contributed by atoms with Crippen LogP contribution >= 0.6 is 12.4 Å². The topological polar surface area (TPSA) is 75.9 Å². The van der Waals surface area contributed by atoms with Gasteiger partial charge in [-0.2, -0.15) is 12.7 Å². The number of nitrogens with zero attached hydrogens (tertiary/aromatic N) is 2. The largest absolute Gasteiger partial charge is 0.381 e. The molecule has 1 atom stereocenters. The molecule has 0 aromatic carbocycles. The molecule has 0 aliphatic carbocycles. The summed E-state index contributed by atoms with van der Waals surface area (Å²) < 4.78 is 30.6. The minimum absolute atomic E-state index is 0. The van der Waals surface area contributed by atoms with Crippen molar-refractivity contribution >= 4 is 22.6 Å². The summed E-state index contributed by atoms with van der Waals surface area (Å²) in [4.78, 5) is 2.17. The Morgan fingerprint density at radius 1 is 1.21 bits per heavy atom. The van der Waals surface area contributed by atoms with Gasteiger partial charge in [0.1, 0.15) is 0 Å². The average Bonchev–Trinajstić information content (AvgIpc) is 2.28. The van der Waals surface area contributed by atoms with E-state index in [1.165, 1.54) is 0 Å². The van der Waals surface area contributed by atoms with Gasteiger partial charge >= 0.3 is 0 Å². The van der Waals surface area contributed by atoms with Gasteiger partial charge in [0.05, 0.1) is 0 Å². The Labute approximate surface area is 121 Å². The van der Waals surface area contributed by atoms with E-state index >= 15 is 0 Å². The van der Waals surface area contributed by atoms with Crippen LogP contribution in [0.3, 0.4) is 0 Å². The first-order valence-electron chi connectivity index (χ1n) is 6.56. The molecular formula is C11H24ClN3O3S. The molecule has 8 heteroatoms. The van der Waals surface area contributed by atoms with Crippen LogP contribution in [0.5, 0.6) is 0 Å². The van der Waals surface area contributed by atoms with Gasteiger partial charge in [-0.25, -0.2) is 5.14 Å². The zero-order chi connectivity index (χ0) is 13.2. The van der Waals surface area contributed by atoms with E-state index in [4.69, 9.17) is 9.88 Å². The van der Waals surface area contributed by atoms with Crippen LogP contribution in [0.1, 0.15) is 25.7 Å². The van der Waals surface area contributed by atoms with E-state index in [2.05, 4.69) is 4.90 Å². The molecule has 0 radical (unpaired) electrons. The molecule has 2 aliphatic heterocycles. The van der Waals surface area contributed by atoms with Crippen molar-refractivity contribution in [3.8, 4) is 0 Å². The molecule has 2 fully saturated rings. The van der Waals surface area contributed by atoms with Crippen LogP contribution in [-0.2, 0) is 14.9 Å². The van der Waals surface area contributed by atoms with E-state index < -0.39 is 10.2 Å². The molecule has 2 N–H and O–H groups in total. The highest BCUT2D eigenvalue weighted by Gasteiger charge is 2.36. The summed E-state index contributed by atoms with van der Waals surface area (Å²) in [5.41, 5.74) is 0. The van der Waals surface area contributed by atoms with Gasteiger partial charge in [0.25, 0.3) is 10.2 Å². The molecule has 0 aromatic rings. The third-order valence-corrected chi connectivity index (χ3v) is 4.99. The van der Waals surface area contributed by atoms with E-state index in [9.17, 15) is 8.42 Å². The molecule has 2 heterocycles. The molecule has 2 rings (SSSR count). The molecule has 2 aliphatic rings. The highest BCUT2D eigenvalue weighted by Crippen LogP contribution is 2.24. The maximum atomic E-state index is 11.9. The number of hydrogen-bond donors (Lipinski definition) is 1. The zero-order valence-electron chi connectivity index (χ0n) is 11.3. The number of halogens is 1. The second-order valence-electron chi connectivity index (χ2n) is 5.28. The Balaban J connectivity index is 0.00000180. The molecular weight excluding hydrogens is 290 g/mol. The summed E-state index contributed by atoms with van der Waals surface area (Å²) in [6.07, 6.45) is 3.42. The molecule has 19 heavy (non-hydrogen) atoms. The van der Waals surface area contributed by atoms with Gasteiger partial charge in [-0.05, 0) is 39.3 Å². The molecule has 0 aromatic heterocycles. The Bertz CT molecular complexity index is 373. The predicted molar refractivity (Wildman–Crippen MR) is 76.6 cm³/mol. The summed E-state index contributed by atoms with van der Waals surface area (Å²) in [6.45, 7) is 3.05. The van der Waals surface area contributed by atoms with Gasteiger partial charge in [-0.15, -0.1) is 12.4 Å². The minimum atomic E-state index is -3.64. The molecule has 0 saturated carbocycles. The van der Waals surface area contributed by atoms with Gasteiger partial charge in [0.2, 0.25) is 0 Å². The number of ether oxygens (including phenoxy) is 1. The maximum Gasteiger partial charge on any atom is 0.277 e. The fourth-order valence-electron chi connectivity index (χ4n) is 3.00. The Kier molecular flexibility index (Phi) is 6.49. The standard InChI is InChI=1S/C11H23N3O3S.ClH/c1-13-6-2-3-11(9-13)14(18(12,15)16)10-4-7-17-8-5-10;/h10-11H,2-9H2,1H3,(H2,12,15,16);1H. The molecule has 2 saturated heterocycles. The van der Waals surface area contributed by atoms with Crippen LogP contribution in [0.4, 0.5) is 0 Å². The number of likely N-dealkylation sites (N-methyl/N-ethyl adjacent to an activating group) is 1. The summed E-state index contributed by atoms with van der Waals surface area (Å²) >= 11 is 0. The second kappa shape index (κ2) is 7.19. The lowest BCUT2D eigenvalue weighted by Crippen LogP contribution is -2.56. The first-order valence-corrected chi connectivity index (χ1v) is 8.06. The lowest BCUT2D eigenvalue weighted by Gasteiger charge is -2.41. The number of hydrogen-bond acceptors (Lipinski definition) is 4. The molecule has 0 spiro atoms. The lowest BCUT2D eigenvalue weighted by atomic mass is 10.0. The first-order chi connectivity index (χ1) is 8.48. The molecule has 6 nitrogen and oxygen atoms in total. The van der Waals surface area contributed by atoms with Gasteiger partial charge in [-0.3, -0.25) is 0 Å². The number of nitrogens with two attached hydrogens (primary N) is 1. The van der Waals surface area contributed by atoms with Crippen molar-refractivity contribution in [3.63, 3.8) is 0 Å². The zero-order valence-corrected chi connectivity index (χ0v) is 13.0. The van der Waals surface area contributed by atoms with Gasteiger partial charge in [0, 0.05) is 31.8 Å². The van der Waals surface area contributed by atoms with E-state index in [1.54, 1.807) is 4.31 Å². The normalized spacial score (nSPS) is 27.2. The number of likely N-dealkylation sites (tertiary alicyclic amines) is 1. The van der Waals surface area contributed by atoms with E-state index in [0.29, 0.717) is 13.2 Å². The van der Waals surface area contributed by atoms with Crippen molar-refractivity contribution in [3.05, 3.63) is 0 Å². The Hall–Kier alpha value is 0.0800. The second-order valence-corrected chi connectivity index (χ2v) is 6.73. The Morgan fingerprint density at radius 2 is 1.84 bits per heavy atom. The third-order valence-electron chi connectivity index (χ3n) is 3.80. The summed E-state index contributed by atoms with van der Waals surface area (Å²) in [5.74, 6) is 0. The third kappa shape index (κ3) is 4.54. The first kappa shape index (κ1) is 17.1. The van der Waals surface area contributed by atoms with Crippen LogP contribution in [-0.4, -0.2) is 63.1 Å². The minimum Gasteiger partial charge on any atom is -0.381 e. The van der Waals surface area contributed by atoms with E-state index in [0.717, 1.165) is 38.8 Å². The quantitative estimate of drug-likeness (QED) is 0.807. The van der Waals surface area contributed by atoms with Gasteiger partial charge in [0.15, 0.2) is 0 Å². The Morgan fingerprint density at radius 3 is 2.37 bits per heavy atom. The molecule has 0 amide bonds. The van der Waals surface area contributed by atoms with Crippen molar-refractivity contribution in [1.29, 1.82) is 0 Å².